The Hall–Kier alpha value is -1.02. The summed E-state index contributed by atoms with van der Waals surface area (Å²) in [7, 11) is 0. The standard InChI is InChI=1S/C13H21NO/c1-5-13(3,4)15-12-9-7-6-8-11(12)10(2)14/h6-10H,5,14H2,1-4H3. The van der Waals surface area contributed by atoms with Crippen LogP contribution in [0.3, 0.4) is 0 Å². The molecule has 0 aliphatic rings. The van der Waals surface area contributed by atoms with Crippen molar-refractivity contribution < 1.29 is 4.74 Å². The molecule has 1 aromatic rings. The van der Waals surface area contributed by atoms with Gasteiger partial charge in [-0.3, -0.25) is 0 Å². The lowest BCUT2D eigenvalue weighted by molar-refractivity contribution is 0.103. The molecule has 0 aliphatic carbocycles. The number of hydrogen-bond donors (Lipinski definition) is 1. The third kappa shape index (κ3) is 3.24. The highest BCUT2D eigenvalue weighted by molar-refractivity contribution is 5.35. The van der Waals surface area contributed by atoms with Gasteiger partial charge in [0.05, 0.1) is 0 Å². The lowest BCUT2D eigenvalue weighted by atomic mass is 10.0. The van der Waals surface area contributed by atoms with Gasteiger partial charge in [-0.25, -0.2) is 0 Å². The summed E-state index contributed by atoms with van der Waals surface area (Å²) in [6.07, 6.45) is 0.973. The topological polar surface area (TPSA) is 35.2 Å². The summed E-state index contributed by atoms with van der Waals surface area (Å²) in [6, 6.07) is 7.98. The van der Waals surface area contributed by atoms with E-state index < -0.39 is 0 Å². The Labute approximate surface area is 92.4 Å². The maximum atomic E-state index is 5.96. The highest BCUT2D eigenvalue weighted by Crippen LogP contribution is 2.27. The first-order valence-corrected chi connectivity index (χ1v) is 5.50. The minimum atomic E-state index is -0.134. The lowest BCUT2D eigenvalue weighted by Crippen LogP contribution is -2.27. The van der Waals surface area contributed by atoms with Crippen LogP contribution in [-0.2, 0) is 0 Å². The van der Waals surface area contributed by atoms with Crippen LogP contribution in [0, 0.1) is 0 Å². The largest absolute Gasteiger partial charge is 0.488 e. The first-order chi connectivity index (χ1) is 6.96. The fourth-order valence-electron chi connectivity index (χ4n) is 1.32. The van der Waals surface area contributed by atoms with Crippen molar-refractivity contribution in [2.75, 3.05) is 0 Å². The molecule has 0 bridgehead atoms. The number of rotatable bonds is 4. The van der Waals surface area contributed by atoms with E-state index in [0.29, 0.717) is 0 Å². The molecule has 15 heavy (non-hydrogen) atoms. The third-order valence-corrected chi connectivity index (χ3v) is 2.65. The third-order valence-electron chi connectivity index (χ3n) is 2.65. The van der Waals surface area contributed by atoms with E-state index in [9.17, 15) is 0 Å². The Kier molecular flexibility index (Phi) is 3.75. The summed E-state index contributed by atoms with van der Waals surface area (Å²) in [5.41, 5.74) is 6.83. The summed E-state index contributed by atoms with van der Waals surface area (Å²) in [6.45, 7) is 8.27. The molecule has 0 saturated carbocycles. The molecule has 0 heterocycles. The molecular formula is C13H21NO. The quantitative estimate of drug-likeness (QED) is 0.822. The highest BCUT2D eigenvalue weighted by atomic mass is 16.5. The van der Waals surface area contributed by atoms with Gasteiger partial charge in [0, 0.05) is 11.6 Å². The van der Waals surface area contributed by atoms with E-state index in [1.165, 1.54) is 0 Å². The molecule has 1 unspecified atom stereocenters. The molecule has 0 aliphatic heterocycles. The van der Waals surface area contributed by atoms with E-state index in [0.717, 1.165) is 17.7 Å². The van der Waals surface area contributed by atoms with Gasteiger partial charge in [-0.1, -0.05) is 25.1 Å². The molecule has 2 heteroatoms. The van der Waals surface area contributed by atoms with Crippen LogP contribution in [0.5, 0.6) is 5.75 Å². The molecule has 1 rings (SSSR count). The fraction of sp³-hybridized carbons (Fsp3) is 0.538. The van der Waals surface area contributed by atoms with Crippen molar-refractivity contribution in [1.82, 2.24) is 0 Å². The fourth-order valence-corrected chi connectivity index (χ4v) is 1.32. The maximum Gasteiger partial charge on any atom is 0.124 e. The van der Waals surface area contributed by atoms with Crippen LogP contribution in [0.2, 0.25) is 0 Å². The molecule has 0 aromatic heterocycles. The van der Waals surface area contributed by atoms with Crippen molar-refractivity contribution in [2.24, 2.45) is 5.73 Å². The highest BCUT2D eigenvalue weighted by Gasteiger charge is 2.19. The van der Waals surface area contributed by atoms with Gasteiger partial charge in [-0.05, 0) is 33.3 Å². The summed E-state index contributed by atoms with van der Waals surface area (Å²) >= 11 is 0. The molecule has 2 N–H and O–H groups in total. The van der Waals surface area contributed by atoms with Gasteiger partial charge in [-0.2, -0.15) is 0 Å². The second-order valence-corrected chi connectivity index (χ2v) is 4.54. The van der Waals surface area contributed by atoms with Gasteiger partial charge >= 0.3 is 0 Å². The smallest absolute Gasteiger partial charge is 0.124 e. The molecule has 2 nitrogen and oxygen atoms in total. The van der Waals surface area contributed by atoms with Gasteiger partial charge < -0.3 is 10.5 Å². The van der Waals surface area contributed by atoms with Crippen LogP contribution < -0.4 is 10.5 Å². The van der Waals surface area contributed by atoms with Crippen LogP contribution in [-0.4, -0.2) is 5.60 Å². The number of hydrogen-bond acceptors (Lipinski definition) is 2. The predicted molar refractivity (Wildman–Crippen MR) is 64.0 cm³/mol. The predicted octanol–water partition coefficient (Wildman–Crippen LogP) is 3.27. The zero-order chi connectivity index (χ0) is 11.5. The van der Waals surface area contributed by atoms with Crippen LogP contribution in [0.25, 0.3) is 0 Å². The first kappa shape index (κ1) is 12.1. The molecule has 0 saturated heterocycles. The first-order valence-electron chi connectivity index (χ1n) is 5.50. The average molecular weight is 207 g/mol. The van der Waals surface area contributed by atoms with Gasteiger partial charge in [0.2, 0.25) is 0 Å². The van der Waals surface area contributed by atoms with E-state index in [2.05, 4.69) is 20.8 Å². The molecular weight excluding hydrogens is 186 g/mol. The van der Waals surface area contributed by atoms with Gasteiger partial charge in [0.25, 0.3) is 0 Å². The Balaban J connectivity index is 2.94. The van der Waals surface area contributed by atoms with E-state index in [-0.39, 0.29) is 11.6 Å². The molecule has 0 radical (unpaired) electrons. The summed E-state index contributed by atoms with van der Waals surface area (Å²) < 4.78 is 5.96. The molecule has 0 fully saturated rings. The summed E-state index contributed by atoms with van der Waals surface area (Å²) in [4.78, 5) is 0. The van der Waals surface area contributed by atoms with Gasteiger partial charge in [0.15, 0.2) is 0 Å². The van der Waals surface area contributed by atoms with Gasteiger partial charge in [-0.15, -0.1) is 0 Å². The molecule has 0 amide bonds. The van der Waals surface area contributed by atoms with E-state index in [1.807, 2.05) is 31.2 Å². The number of nitrogens with two attached hydrogens (primary N) is 1. The van der Waals surface area contributed by atoms with Crippen molar-refractivity contribution in [3.8, 4) is 5.75 Å². The minimum absolute atomic E-state index is 0.00820. The van der Waals surface area contributed by atoms with Gasteiger partial charge in [0.1, 0.15) is 11.4 Å². The number of para-hydroxylation sites is 1. The van der Waals surface area contributed by atoms with Crippen molar-refractivity contribution in [3.05, 3.63) is 29.8 Å². The number of benzene rings is 1. The Bertz CT molecular complexity index is 318. The Morgan fingerprint density at radius 2 is 1.93 bits per heavy atom. The molecule has 84 valence electrons. The SMILES string of the molecule is CCC(C)(C)Oc1ccccc1C(C)N. The van der Waals surface area contributed by atoms with Crippen molar-refractivity contribution in [2.45, 2.75) is 45.8 Å². The zero-order valence-corrected chi connectivity index (χ0v) is 10.1. The maximum absolute atomic E-state index is 5.96. The van der Waals surface area contributed by atoms with E-state index in [4.69, 9.17) is 10.5 Å². The monoisotopic (exact) mass is 207 g/mol. The zero-order valence-electron chi connectivity index (χ0n) is 10.1. The second-order valence-electron chi connectivity index (χ2n) is 4.54. The second kappa shape index (κ2) is 4.67. The van der Waals surface area contributed by atoms with Crippen LogP contribution in [0.15, 0.2) is 24.3 Å². The van der Waals surface area contributed by atoms with Crippen LogP contribution in [0.4, 0.5) is 0 Å². The Morgan fingerprint density at radius 1 is 1.33 bits per heavy atom. The normalized spacial score (nSPS) is 13.7. The Morgan fingerprint density at radius 3 is 2.47 bits per heavy atom. The van der Waals surface area contributed by atoms with Crippen molar-refractivity contribution in [3.63, 3.8) is 0 Å². The van der Waals surface area contributed by atoms with Crippen molar-refractivity contribution >= 4 is 0 Å². The lowest BCUT2D eigenvalue weighted by Gasteiger charge is -2.27. The van der Waals surface area contributed by atoms with E-state index >= 15 is 0 Å². The molecule has 1 atom stereocenters. The average Bonchev–Trinajstić information content (AvgIpc) is 2.18. The summed E-state index contributed by atoms with van der Waals surface area (Å²) in [5.74, 6) is 0.902. The summed E-state index contributed by atoms with van der Waals surface area (Å²) in [5, 5.41) is 0. The molecule has 0 spiro atoms. The number of ether oxygens (including phenoxy) is 1. The van der Waals surface area contributed by atoms with Crippen LogP contribution in [0.1, 0.15) is 45.7 Å². The van der Waals surface area contributed by atoms with Crippen LogP contribution >= 0.6 is 0 Å². The van der Waals surface area contributed by atoms with E-state index in [1.54, 1.807) is 0 Å². The molecule has 1 aromatic carbocycles. The minimum Gasteiger partial charge on any atom is -0.488 e. The van der Waals surface area contributed by atoms with Crippen molar-refractivity contribution in [1.29, 1.82) is 0 Å².